The molecule has 0 aliphatic heterocycles. The lowest BCUT2D eigenvalue weighted by Gasteiger charge is -2.40. The van der Waals surface area contributed by atoms with Gasteiger partial charge in [-0.25, -0.2) is 0 Å². The lowest BCUT2D eigenvalue weighted by atomic mass is 10.1. The first-order valence-electron chi connectivity index (χ1n) is 10.2. The fraction of sp³-hybridized carbons (Fsp3) is 0.500. The number of carbonyl (C=O) groups is 1. The number of hydrogen-bond donors (Lipinski definition) is 1. The predicted molar refractivity (Wildman–Crippen MR) is 74.1 cm³/mol. The summed E-state index contributed by atoms with van der Waals surface area (Å²) in [5.41, 5.74) is 1.47. The topological polar surface area (TPSA) is 52.2 Å². The van der Waals surface area contributed by atoms with Crippen LogP contribution in [0.15, 0.2) is 18.2 Å². The summed E-state index contributed by atoms with van der Waals surface area (Å²) in [4.78, 5) is 12.5. The van der Waals surface area contributed by atoms with Crippen molar-refractivity contribution in [3.8, 4) is 0 Å². The average molecular weight is 260 g/mol. The number of aryl methyl sites for hydroxylation is 2. The first kappa shape index (κ1) is 5.72. The van der Waals surface area contributed by atoms with E-state index >= 15 is 0 Å². The highest BCUT2D eigenvalue weighted by Gasteiger charge is 2.18. The number of nitrogens with one attached hydrogen (secondary N) is 1. The molecule has 0 aliphatic carbocycles. The van der Waals surface area contributed by atoms with Crippen LogP contribution in [0.4, 0.5) is 5.69 Å². The Morgan fingerprint density at radius 2 is 1.94 bits per heavy atom. The van der Waals surface area contributed by atoms with Crippen molar-refractivity contribution in [3.05, 3.63) is 34.5 Å². The van der Waals surface area contributed by atoms with E-state index in [4.69, 9.17) is 13.7 Å². The molecular weight excluding hydrogens is 228 g/mol. The minimum absolute atomic E-state index is 0.280. The van der Waals surface area contributed by atoms with Gasteiger partial charge in [0.2, 0.25) is 0 Å². The van der Waals surface area contributed by atoms with E-state index in [2.05, 4.69) is 5.32 Å². The molecule has 1 amide bonds. The van der Waals surface area contributed by atoms with Gasteiger partial charge in [0, 0.05) is 13.9 Å². The normalized spacial score (nSPS) is 22.6. The smallest absolute Gasteiger partial charge is 0.279 e. The molecule has 0 aromatic heterocycles. The standard InChI is InChI=1S/C14H22N2O2/c1-5-16(18,6-2)10-13(17)15-14-11(3)8-7-9-12(14)4/h7-9H,5-6,10H2,1-4H3,(H,15,17)/i1D3,2D3,5D2,6D2. The van der Waals surface area contributed by atoms with Crippen molar-refractivity contribution in [1.29, 1.82) is 0 Å². The van der Waals surface area contributed by atoms with Gasteiger partial charge in [0.15, 0.2) is 6.54 Å². The Morgan fingerprint density at radius 3 is 2.44 bits per heavy atom. The Balaban J connectivity index is 3.45. The second kappa shape index (κ2) is 5.98. The highest BCUT2D eigenvalue weighted by atomic mass is 16.5. The van der Waals surface area contributed by atoms with Crippen LogP contribution in [0.2, 0.25) is 0 Å². The number of nitrogens with zero attached hydrogens (tertiary/aromatic N) is 1. The molecule has 18 heavy (non-hydrogen) atoms. The van der Waals surface area contributed by atoms with Gasteiger partial charge in [-0.3, -0.25) is 4.79 Å². The van der Waals surface area contributed by atoms with Crippen LogP contribution in [0, 0.1) is 19.1 Å². The van der Waals surface area contributed by atoms with Crippen molar-refractivity contribution in [2.75, 3.05) is 24.9 Å². The van der Waals surface area contributed by atoms with Gasteiger partial charge in [0.05, 0.1) is 18.5 Å². The Hall–Kier alpha value is -1.39. The van der Waals surface area contributed by atoms with Gasteiger partial charge in [-0.1, -0.05) is 18.2 Å². The molecule has 100 valence electrons. The molecule has 0 unspecified atom stereocenters. The maximum Gasteiger partial charge on any atom is 0.279 e. The summed E-state index contributed by atoms with van der Waals surface area (Å²) in [6, 6.07) is 4.99. The number of benzene rings is 1. The van der Waals surface area contributed by atoms with E-state index < -0.39 is 43.8 Å². The van der Waals surface area contributed by atoms with Crippen molar-refractivity contribution < 1.29 is 23.1 Å². The van der Waals surface area contributed by atoms with Crippen LogP contribution in [-0.2, 0) is 4.79 Å². The molecule has 0 atom stereocenters. The van der Waals surface area contributed by atoms with Crippen LogP contribution in [0.3, 0.4) is 0 Å². The molecule has 0 bridgehead atoms. The number of quaternary nitrogens is 1. The van der Waals surface area contributed by atoms with E-state index in [0.717, 1.165) is 0 Å². The number of amides is 1. The molecule has 1 N–H and O–H groups in total. The van der Waals surface area contributed by atoms with Crippen LogP contribution in [-0.4, -0.2) is 30.1 Å². The molecule has 0 saturated heterocycles. The van der Waals surface area contributed by atoms with Gasteiger partial charge in [-0.05, 0) is 38.7 Å². The van der Waals surface area contributed by atoms with E-state index in [9.17, 15) is 10.0 Å². The Bertz CT molecular complexity index is 696. The average Bonchev–Trinajstić information content (AvgIpc) is 2.48. The number of hydrogen-bond acceptors (Lipinski definition) is 2. The zero-order chi connectivity index (χ0) is 22.3. The SMILES string of the molecule is [2H]C([2H])([2H])C([2H])([2H])[N+]([O-])(CC(=O)Nc1c(C)cccc1C)C([2H])([2H])C([2H])([2H])[2H]. The second-order valence-corrected chi connectivity index (χ2v) is 3.94. The van der Waals surface area contributed by atoms with Crippen molar-refractivity contribution in [2.45, 2.75) is 27.6 Å². The molecule has 1 aromatic carbocycles. The van der Waals surface area contributed by atoms with Crippen LogP contribution in [0.25, 0.3) is 0 Å². The summed E-state index contributed by atoms with van der Waals surface area (Å²) in [6.07, 6.45) is 0. The van der Waals surface area contributed by atoms with Gasteiger partial charge in [-0.15, -0.1) is 0 Å². The van der Waals surface area contributed by atoms with E-state index in [1.165, 1.54) is 0 Å². The molecule has 1 rings (SSSR count). The minimum atomic E-state index is -3.91. The first-order valence-corrected chi connectivity index (χ1v) is 5.25. The molecule has 0 spiro atoms. The maximum absolute atomic E-state index is 13.2. The highest BCUT2D eigenvalue weighted by molar-refractivity contribution is 5.93. The third-order valence-electron chi connectivity index (χ3n) is 2.47. The van der Waals surface area contributed by atoms with Crippen LogP contribution < -0.4 is 5.32 Å². The third-order valence-corrected chi connectivity index (χ3v) is 2.47. The van der Waals surface area contributed by atoms with Gasteiger partial charge in [-0.2, -0.15) is 0 Å². The fourth-order valence-corrected chi connectivity index (χ4v) is 1.50. The first-order chi connectivity index (χ1) is 12.3. The number of rotatable bonds is 5. The number of hydroxylamine groups is 3. The molecule has 0 aliphatic rings. The minimum Gasteiger partial charge on any atom is -0.632 e. The van der Waals surface area contributed by atoms with Crippen molar-refractivity contribution in [2.24, 2.45) is 0 Å². The molecule has 1 aromatic rings. The molecular formula is C14H22N2O2. The predicted octanol–water partition coefficient (Wildman–Crippen LogP) is 2.60. The monoisotopic (exact) mass is 260 g/mol. The summed E-state index contributed by atoms with van der Waals surface area (Å²) in [6.45, 7) is -13.5. The number of anilines is 1. The number of carbonyl (C=O) groups excluding carboxylic acids is 1. The highest BCUT2D eigenvalue weighted by Crippen LogP contribution is 2.19. The van der Waals surface area contributed by atoms with Gasteiger partial charge >= 0.3 is 0 Å². The molecule has 0 saturated carbocycles. The quantitative estimate of drug-likeness (QED) is 0.653. The maximum atomic E-state index is 13.2. The summed E-state index contributed by atoms with van der Waals surface area (Å²) >= 11 is 0. The van der Waals surface area contributed by atoms with E-state index in [0.29, 0.717) is 11.1 Å². The van der Waals surface area contributed by atoms with E-state index in [1.54, 1.807) is 32.0 Å². The number of para-hydroxylation sites is 1. The van der Waals surface area contributed by atoms with Crippen LogP contribution in [0.1, 0.15) is 38.5 Å². The lowest BCUT2D eigenvalue weighted by Crippen LogP contribution is -2.47. The summed E-state index contributed by atoms with van der Waals surface area (Å²) in [5.74, 6) is -1.21. The van der Waals surface area contributed by atoms with Crippen molar-refractivity contribution in [3.63, 3.8) is 0 Å². The summed E-state index contributed by atoms with van der Waals surface area (Å²) in [5, 5.41) is 15.5. The Morgan fingerprint density at radius 1 is 1.39 bits per heavy atom. The zero-order valence-electron chi connectivity index (χ0n) is 20.2. The van der Waals surface area contributed by atoms with Crippen LogP contribution in [0.5, 0.6) is 0 Å². The molecule has 4 heteroatoms. The van der Waals surface area contributed by atoms with E-state index in [-0.39, 0.29) is 5.69 Å². The van der Waals surface area contributed by atoms with Gasteiger partial charge in [0.1, 0.15) is 0 Å². The van der Waals surface area contributed by atoms with Crippen molar-refractivity contribution in [1.82, 2.24) is 0 Å². The molecule has 0 radical (unpaired) electrons. The zero-order valence-corrected chi connectivity index (χ0v) is 10.2. The Labute approximate surface area is 123 Å². The van der Waals surface area contributed by atoms with Crippen LogP contribution >= 0.6 is 0 Å². The van der Waals surface area contributed by atoms with E-state index in [1.807, 2.05) is 0 Å². The van der Waals surface area contributed by atoms with Gasteiger partial charge in [0.25, 0.3) is 5.91 Å². The number of likely N-dealkylation sites (N-methyl/N-ethyl adjacent to an activating group) is 1. The summed E-state index contributed by atoms with van der Waals surface area (Å²) in [7, 11) is 0. The molecule has 4 nitrogen and oxygen atoms in total. The van der Waals surface area contributed by atoms with Crippen molar-refractivity contribution >= 4 is 11.6 Å². The second-order valence-electron chi connectivity index (χ2n) is 3.94. The lowest BCUT2D eigenvalue weighted by molar-refractivity contribution is -0.868. The molecule has 0 heterocycles. The molecule has 0 fully saturated rings. The third kappa shape index (κ3) is 3.55. The van der Waals surface area contributed by atoms with Gasteiger partial charge < -0.3 is 15.2 Å². The largest absolute Gasteiger partial charge is 0.632 e. The fourth-order valence-electron chi connectivity index (χ4n) is 1.50. The Kier molecular flexibility index (Phi) is 1.90. The summed E-state index contributed by atoms with van der Waals surface area (Å²) < 4.78 is 71.4.